The second-order valence-corrected chi connectivity index (χ2v) is 9.43. The molecule has 2 atom stereocenters. The van der Waals surface area contributed by atoms with Gasteiger partial charge in [0.1, 0.15) is 5.75 Å². The van der Waals surface area contributed by atoms with Crippen molar-refractivity contribution in [2.75, 3.05) is 30.4 Å². The Morgan fingerprint density at radius 3 is 2.64 bits per heavy atom. The molecule has 0 bridgehead atoms. The molecule has 1 N–H and O–H groups in total. The number of hydrogen-bond donors (Lipinski definition) is 1. The highest BCUT2D eigenvalue weighted by Crippen LogP contribution is 2.52. The molecule has 1 unspecified atom stereocenters. The fourth-order valence-corrected chi connectivity index (χ4v) is 5.56. The molecule has 3 aromatic carbocycles. The highest BCUT2D eigenvalue weighted by atomic mass is 16.6. The van der Waals surface area contributed by atoms with Crippen LogP contribution in [0.5, 0.6) is 5.75 Å². The number of aryl methyl sites for hydroxylation is 1. The Bertz CT molecular complexity index is 1160. The molecule has 0 saturated carbocycles. The molecule has 5 nitrogen and oxygen atoms in total. The van der Waals surface area contributed by atoms with E-state index in [0.717, 1.165) is 37.2 Å². The average Bonchev–Trinajstić information content (AvgIpc) is 3.26. The van der Waals surface area contributed by atoms with Crippen LogP contribution in [0.15, 0.2) is 72.8 Å². The molecule has 2 aliphatic heterocycles. The van der Waals surface area contributed by atoms with Crippen LogP contribution in [0.4, 0.5) is 16.2 Å². The van der Waals surface area contributed by atoms with Gasteiger partial charge in [-0.05, 0) is 60.7 Å². The van der Waals surface area contributed by atoms with Crippen LogP contribution in [0.25, 0.3) is 0 Å². The monoisotopic (exact) mass is 441 g/mol. The predicted molar refractivity (Wildman–Crippen MR) is 133 cm³/mol. The molecular formula is C28H31N3O2. The van der Waals surface area contributed by atoms with Crippen molar-refractivity contribution in [2.24, 2.45) is 0 Å². The van der Waals surface area contributed by atoms with Gasteiger partial charge in [0.05, 0.1) is 6.17 Å². The van der Waals surface area contributed by atoms with Gasteiger partial charge in [-0.15, -0.1) is 0 Å². The Hall–Kier alpha value is -3.31. The number of nitrogens with one attached hydrogen (secondary N) is 1. The number of likely N-dealkylation sites (N-methyl/N-ethyl adjacent to an activating group) is 1. The summed E-state index contributed by atoms with van der Waals surface area (Å²) in [5.74, 6) is 0.581. The van der Waals surface area contributed by atoms with Gasteiger partial charge in [-0.25, -0.2) is 4.79 Å². The summed E-state index contributed by atoms with van der Waals surface area (Å²) in [5.41, 5.74) is 5.63. The number of amides is 1. The molecule has 1 saturated heterocycles. The van der Waals surface area contributed by atoms with E-state index in [1.165, 1.54) is 16.8 Å². The molecule has 1 fully saturated rings. The quantitative estimate of drug-likeness (QED) is 0.561. The fourth-order valence-electron chi connectivity index (χ4n) is 5.56. The van der Waals surface area contributed by atoms with E-state index in [4.69, 9.17) is 4.74 Å². The topological polar surface area (TPSA) is 44.8 Å². The van der Waals surface area contributed by atoms with Crippen molar-refractivity contribution in [3.8, 4) is 5.75 Å². The highest BCUT2D eigenvalue weighted by molar-refractivity contribution is 5.87. The van der Waals surface area contributed by atoms with Gasteiger partial charge in [0.25, 0.3) is 0 Å². The third-order valence-electron chi connectivity index (χ3n) is 7.29. The van der Waals surface area contributed by atoms with E-state index in [2.05, 4.69) is 71.6 Å². The maximum Gasteiger partial charge on any atom is 0.417 e. The van der Waals surface area contributed by atoms with Crippen molar-refractivity contribution in [3.63, 3.8) is 0 Å². The first-order valence-electron chi connectivity index (χ1n) is 11.7. The zero-order chi connectivity index (χ0) is 23.0. The lowest BCUT2D eigenvalue weighted by molar-refractivity contribution is 0.215. The molecule has 5 heteroatoms. The van der Waals surface area contributed by atoms with E-state index in [9.17, 15) is 4.79 Å². The maximum atomic E-state index is 12.5. The van der Waals surface area contributed by atoms with Gasteiger partial charge in [-0.2, -0.15) is 0 Å². The Labute approximate surface area is 196 Å². The minimum Gasteiger partial charge on any atom is -0.410 e. The van der Waals surface area contributed by atoms with Gasteiger partial charge in [0, 0.05) is 36.9 Å². The van der Waals surface area contributed by atoms with Crippen molar-refractivity contribution >= 4 is 17.5 Å². The number of anilines is 2. The Kier molecular flexibility index (Phi) is 5.59. The number of nitrogens with zero attached hydrogens (tertiary/aromatic N) is 2. The van der Waals surface area contributed by atoms with Crippen molar-refractivity contribution in [3.05, 3.63) is 89.5 Å². The van der Waals surface area contributed by atoms with E-state index in [0.29, 0.717) is 11.9 Å². The standard InChI is InChI=1S/C28H31N3O2/c1-20-9-7-8-12-24(20)29-27(32)33-22-13-14-25-23(19-22)28(2)16-18-31(26(28)30(25)3)17-15-21-10-5-4-6-11-21/h4-14,19,26H,15-18H2,1-3H3,(H,29,32)/t26?,28-/m0/s1. The highest BCUT2D eigenvalue weighted by Gasteiger charge is 2.53. The first-order valence-corrected chi connectivity index (χ1v) is 11.7. The van der Waals surface area contributed by atoms with Crippen LogP contribution in [0.2, 0.25) is 0 Å². The number of benzene rings is 3. The Morgan fingerprint density at radius 2 is 1.85 bits per heavy atom. The van der Waals surface area contributed by atoms with Crippen molar-refractivity contribution in [1.82, 2.24) is 4.90 Å². The lowest BCUT2D eigenvalue weighted by atomic mass is 9.81. The van der Waals surface area contributed by atoms with E-state index >= 15 is 0 Å². The molecule has 0 aliphatic carbocycles. The van der Waals surface area contributed by atoms with Gasteiger partial charge < -0.3 is 9.64 Å². The largest absolute Gasteiger partial charge is 0.417 e. The summed E-state index contributed by atoms with van der Waals surface area (Å²) in [6.45, 7) is 6.41. The van der Waals surface area contributed by atoms with Crippen LogP contribution in [0, 0.1) is 6.92 Å². The number of para-hydroxylation sites is 1. The molecule has 2 heterocycles. The second kappa shape index (κ2) is 8.56. The minimum atomic E-state index is -0.465. The number of rotatable bonds is 5. The zero-order valence-electron chi connectivity index (χ0n) is 19.5. The summed E-state index contributed by atoms with van der Waals surface area (Å²) < 4.78 is 5.68. The second-order valence-electron chi connectivity index (χ2n) is 9.43. The molecule has 0 spiro atoms. The van der Waals surface area contributed by atoms with E-state index < -0.39 is 6.09 Å². The summed E-state index contributed by atoms with van der Waals surface area (Å²) in [4.78, 5) is 17.5. The Morgan fingerprint density at radius 1 is 1.09 bits per heavy atom. The molecule has 33 heavy (non-hydrogen) atoms. The third-order valence-corrected chi connectivity index (χ3v) is 7.29. The summed E-state index contributed by atoms with van der Waals surface area (Å²) in [6, 6.07) is 24.4. The summed E-state index contributed by atoms with van der Waals surface area (Å²) >= 11 is 0. The first-order chi connectivity index (χ1) is 16.0. The summed E-state index contributed by atoms with van der Waals surface area (Å²) in [6.07, 6.45) is 1.98. The van der Waals surface area contributed by atoms with Gasteiger partial charge in [0.2, 0.25) is 0 Å². The third kappa shape index (κ3) is 3.98. The Balaban J connectivity index is 1.31. The molecule has 5 rings (SSSR count). The summed E-state index contributed by atoms with van der Waals surface area (Å²) in [5, 5.41) is 2.85. The molecular weight excluding hydrogens is 410 g/mol. The van der Waals surface area contributed by atoms with Gasteiger partial charge in [-0.1, -0.05) is 55.5 Å². The smallest absolute Gasteiger partial charge is 0.410 e. The van der Waals surface area contributed by atoms with Crippen LogP contribution >= 0.6 is 0 Å². The van der Waals surface area contributed by atoms with E-state index in [1.807, 2.05) is 37.3 Å². The summed E-state index contributed by atoms with van der Waals surface area (Å²) in [7, 11) is 2.18. The molecule has 0 aromatic heterocycles. The van der Waals surface area contributed by atoms with Gasteiger partial charge in [-0.3, -0.25) is 10.2 Å². The van der Waals surface area contributed by atoms with Gasteiger partial charge in [0.15, 0.2) is 0 Å². The van der Waals surface area contributed by atoms with Crippen molar-refractivity contribution in [1.29, 1.82) is 0 Å². The number of carbonyl (C=O) groups excluding carboxylic acids is 1. The normalized spacial score (nSPS) is 21.5. The average molecular weight is 442 g/mol. The van der Waals surface area contributed by atoms with E-state index in [-0.39, 0.29) is 5.41 Å². The van der Waals surface area contributed by atoms with Crippen molar-refractivity contribution < 1.29 is 9.53 Å². The predicted octanol–water partition coefficient (Wildman–Crippen LogP) is 5.59. The van der Waals surface area contributed by atoms with Crippen LogP contribution in [-0.4, -0.2) is 37.3 Å². The fraction of sp³-hybridized carbons (Fsp3) is 0.321. The van der Waals surface area contributed by atoms with Gasteiger partial charge >= 0.3 is 6.09 Å². The minimum absolute atomic E-state index is 0.00658. The van der Waals surface area contributed by atoms with E-state index in [1.54, 1.807) is 0 Å². The lowest BCUT2D eigenvalue weighted by Gasteiger charge is -2.34. The number of likely N-dealkylation sites (tertiary alicyclic amines) is 1. The van der Waals surface area contributed by atoms with Crippen LogP contribution in [-0.2, 0) is 11.8 Å². The first kappa shape index (κ1) is 21.5. The van der Waals surface area contributed by atoms with Crippen LogP contribution in [0.1, 0.15) is 30.0 Å². The number of carbonyl (C=O) groups is 1. The van der Waals surface area contributed by atoms with Crippen LogP contribution in [0.3, 0.4) is 0 Å². The molecule has 0 radical (unpaired) electrons. The number of hydrogen-bond acceptors (Lipinski definition) is 4. The number of fused-ring (bicyclic) bond motifs is 3. The maximum absolute atomic E-state index is 12.5. The molecule has 170 valence electrons. The molecule has 2 aliphatic rings. The van der Waals surface area contributed by atoms with Crippen molar-refractivity contribution in [2.45, 2.75) is 38.3 Å². The molecule has 1 amide bonds. The zero-order valence-corrected chi connectivity index (χ0v) is 19.5. The van der Waals surface area contributed by atoms with Crippen LogP contribution < -0.4 is 15.0 Å². The molecule has 3 aromatic rings. The SMILES string of the molecule is Cc1ccccc1NC(=O)Oc1ccc2c(c1)[C@]1(C)CCN(CCc3ccccc3)C1N2C. The number of ether oxygens (including phenoxy) is 1. The lowest BCUT2D eigenvalue weighted by Crippen LogP contribution is -2.47.